The highest BCUT2D eigenvalue weighted by Crippen LogP contribution is 2.10. The number of aliphatic hydroxyl groups excluding tert-OH is 1. The minimum Gasteiger partial charge on any atom is -0.389 e. The zero-order valence-electron chi connectivity index (χ0n) is 8.90. The Morgan fingerprint density at radius 1 is 1.15 bits per heavy atom. The van der Waals surface area contributed by atoms with Gasteiger partial charge in [-0.2, -0.15) is 0 Å². The highest BCUT2D eigenvalue weighted by molar-refractivity contribution is 6.10. The number of ether oxygens (including phenoxy) is 1. The smallest absolute Gasteiger partial charge is 0.108 e. The van der Waals surface area contributed by atoms with Gasteiger partial charge in [-0.3, -0.25) is 0 Å². The summed E-state index contributed by atoms with van der Waals surface area (Å²) >= 11 is 0. The van der Waals surface area contributed by atoms with E-state index in [1.165, 1.54) is 0 Å². The third-order valence-corrected chi connectivity index (χ3v) is 1.61. The van der Waals surface area contributed by atoms with Gasteiger partial charge < -0.3 is 9.84 Å². The average Bonchev–Trinajstić information content (AvgIpc) is 1.96. The maximum Gasteiger partial charge on any atom is 0.108 e. The van der Waals surface area contributed by atoms with Crippen LogP contribution < -0.4 is 0 Å². The van der Waals surface area contributed by atoms with Crippen LogP contribution in [0.5, 0.6) is 0 Å². The second-order valence-corrected chi connectivity index (χ2v) is 3.68. The summed E-state index contributed by atoms with van der Waals surface area (Å²) < 4.78 is 5.44. The lowest BCUT2D eigenvalue weighted by Crippen LogP contribution is -2.23. The Morgan fingerprint density at radius 3 is 2.00 bits per heavy atom. The van der Waals surface area contributed by atoms with Crippen molar-refractivity contribution in [2.45, 2.75) is 45.9 Å². The molecule has 0 aromatic rings. The Hall–Kier alpha value is -0.275. The van der Waals surface area contributed by atoms with Crippen molar-refractivity contribution in [3.8, 4) is 0 Å². The lowest BCUT2D eigenvalue weighted by Gasteiger charge is -2.21. The van der Waals surface area contributed by atoms with E-state index in [4.69, 9.17) is 17.7 Å². The summed E-state index contributed by atoms with van der Waals surface area (Å²) in [5, 5.41) is 9.04. The zero-order chi connectivity index (χ0) is 10.4. The molecule has 2 radical (unpaired) electrons. The summed E-state index contributed by atoms with van der Waals surface area (Å²) in [5.41, 5.74) is 0. The lowest BCUT2D eigenvalue weighted by molar-refractivity contribution is 0.0412. The number of hydrogen-bond acceptors (Lipinski definition) is 2. The molecule has 0 aliphatic carbocycles. The van der Waals surface area contributed by atoms with E-state index in [-0.39, 0.29) is 12.1 Å². The van der Waals surface area contributed by atoms with Crippen LogP contribution in [0.15, 0.2) is 12.2 Å². The first-order valence-electron chi connectivity index (χ1n) is 4.71. The van der Waals surface area contributed by atoms with E-state index in [0.29, 0.717) is 5.92 Å². The van der Waals surface area contributed by atoms with Gasteiger partial charge in [0.05, 0.1) is 12.2 Å². The van der Waals surface area contributed by atoms with E-state index in [9.17, 15) is 0 Å². The Balaban J connectivity index is 4.10. The van der Waals surface area contributed by atoms with Crippen molar-refractivity contribution in [3.63, 3.8) is 0 Å². The molecule has 0 saturated heterocycles. The molecule has 0 fully saturated rings. The Kier molecular flexibility index (Phi) is 6.09. The molecule has 0 saturated carbocycles. The number of aliphatic hydroxyl groups is 1. The van der Waals surface area contributed by atoms with Crippen LogP contribution in [-0.2, 0) is 4.74 Å². The summed E-state index contributed by atoms with van der Waals surface area (Å²) in [6, 6.07) is -0.272. The average molecular weight is 182 g/mol. The van der Waals surface area contributed by atoms with Gasteiger partial charge in [-0.1, -0.05) is 26.0 Å². The third kappa shape index (κ3) is 6.85. The van der Waals surface area contributed by atoms with Gasteiger partial charge in [0, 0.05) is 6.00 Å². The van der Waals surface area contributed by atoms with E-state index >= 15 is 0 Å². The van der Waals surface area contributed by atoms with Gasteiger partial charge in [0.1, 0.15) is 7.85 Å². The van der Waals surface area contributed by atoms with Crippen LogP contribution in [-0.4, -0.2) is 31.2 Å². The first kappa shape index (κ1) is 12.7. The molecular formula is C10H19BO2. The van der Waals surface area contributed by atoms with E-state index in [2.05, 4.69) is 13.8 Å². The second-order valence-electron chi connectivity index (χ2n) is 3.68. The molecule has 3 heteroatoms. The molecule has 0 heterocycles. The normalized spacial score (nSPS) is 19.2. The molecule has 0 amide bonds. The molecule has 0 aromatic carbocycles. The molecule has 0 aliphatic rings. The minimum atomic E-state index is -0.432. The van der Waals surface area contributed by atoms with Crippen LogP contribution in [0.25, 0.3) is 0 Å². The molecule has 3 unspecified atom stereocenters. The van der Waals surface area contributed by atoms with Crippen LogP contribution >= 0.6 is 0 Å². The minimum absolute atomic E-state index is 0.0189. The molecule has 2 nitrogen and oxygen atoms in total. The van der Waals surface area contributed by atoms with Gasteiger partial charge in [-0.25, -0.2) is 0 Å². The van der Waals surface area contributed by atoms with Gasteiger partial charge in [-0.05, 0) is 19.8 Å². The van der Waals surface area contributed by atoms with Gasteiger partial charge in [0.15, 0.2) is 0 Å². The molecule has 3 atom stereocenters. The first-order chi connectivity index (χ1) is 5.93. The molecule has 0 spiro atoms. The van der Waals surface area contributed by atoms with Crippen molar-refractivity contribution in [2.75, 3.05) is 0 Å². The van der Waals surface area contributed by atoms with Gasteiger partial charge in [-0.15, -0.1) is 0 Å². The summed E-state index contributed by atoms with van der Waals surface area (Å²) in [4.78, 5) is 0. The topological polar surface area (TPSA) is 29.5 Å². The van der Waals surface area contributed by atoms with E-state index in [1.54, 1.807) is 19.9 Å². The van der Waals surface area contributed by atoms with E-state index < -0.39 is 6.10 Å². The monoisotopic (exact) mass is 182 g/mol. The highest BCUT2D eigenvalue weighted by Gasteiger charge is 2.11. The molecule has 0 aliphatic heterocycles. The Morgan fingerprint density at radius 2 is 1.69 bits per heavy atom. The quantitative estimate of drug-likeness (QED) is 0.515. The molecule has 0 bridgehead atoms. The fourth-order valence-electron chi connectivity index (χ4n) is 0.943. The van der Waals surface area contributed by atoms with Crippen LogP contribution in [0.4, 0.5) is 0 Å². The van der Waals surface area contributed by atoms with Crippen LogP contribution in [0, 0.1) is 5.92 Å². The third-order valence-electron chi connectivity index (χ3n) is 1.61. The predicted octanol–water partition coefficient (Wildman–Crippen LogP) is 1.48. The van der Waals surface area contributed by atoms with Crippen molar-refractivity contribution < 1.29 is 9.84 Å². The predicted molar refractivity (Wildman–Crippen MR) is 55.7 cm³/mol. The van der Waals surface area contributed by atoms with Crippen molar-refractivity contribution in [2.24, 2.45) is 5.92 Å². The molecular weight excluding hydrogens is 163 g/mol. The van der Waals surface area contributed by atoms with Crippen molar-refractivity contribution in [1.29, 1.82) is 0 Å². The summed E-state index contributed by atoms with van der Waals surface area (Å²) in [5.74, 6) is 0.362. The highest BCUT2D eigenvalue weighted by atomic mass is 16.5. The van der Waals surface area contributed by atoms with Crippen molar-refractivity contribution >= 4 is 7.85 Å². The van der Waals surface area contributed by atoms with Crippen LogP contribution in [0.2, 0.25) is 0 Å². The number of hydrogen-bond donors (Lipinski definition) is 1. The van der Waals surface area contributed by atoms with Crippen LogP contribution in [0.3, 0.4) is 0 Å². The SMILES string of the molecule is [B]C(C)OC(/C=C/C(C)O)C(C)C. The molecule has 74 valence electrons. The maximum absolute atomic E-state index is 9.04. The molecule has 0 rings (SSSR count). The standard InChI is InChI=1S/C10H19BO2/c1-7(2)10(13-9(4)11)6-5-8(3)12/h5-10,12H,1-4H3/b6-5+. The van der Waals surface area contributed by atoms with Crippen molar-refractivity contribution in [3.05, 3.63) is 12.2 Å². The fraction of sp³-hybridized carbons (Fsp3) is 0.800. The Bertz CT molecular complexity index is 153. The lowest BCUT2D eigenvalue weighted by atomic mass is 10.0. The van der Waals surface area contributed by atoms with Gasteiger partial charge in [0.2, 0.25) is 0 Å². The Labute approximate surface area is 82.4 Å². The number of rotatable bonds is 5. The molecule has 1 N–H and O–H groups in total. The molecule has 0 aromatic heterocycles. The summed E-state index contributed by atoms with van der Waals surface area (Å²) in [7, 11) is 5.52. The van der Waals surface area contributed by atoms with Crippen LogP contribution in [0.1, 0.15) is 27.7 Å². The van der Waals surface area contributed by atoms with Gasteiger partial charge >= 0.3 is 0 Å². The summed E-state index contributed by atoms with van der Waals surface area (Å²) in [6.45, 7) is 7.62. The van der Waals surface area contributed by atoms with Gasteiger partial charge in [0.25, 0.3) is 0 Å². The van der Waals surface area contributed by atoms with Crippen molar-refractivity contribution in [1.82, 2.24) is 0 Å². The zero-order valence-corrected chi connectivity index (χ0v) is 8.90. The largest absolute Gasteiger partial charge is 0.389 e. The maximum atomic E-state index is 9.04. The van der Waals surface area contributed by atoms with E-state index in [1.807, 2.05) is 6.08 Å². The first-order valence-corrected chi connectivity index (χ1v) is 4.71. The fourth-order valence-corrected chi connectivity index (χ4v) is 0.943. The summed E-state index contributed by atoms with van der Waals surface area (Å²) in [6.07, 6.45) is 3.12. The second kappa shape index (κ2) is 6.22. The van der Waals surface area contributed by atoms with E-state index in [0.717, 1.165) is 0 Å². The molecule has 13 heavy (non-hydrogen) atoms.